The molecule has 8 heteroatoms. The van der Waals surface area contributed by atoms with Crippen molar-refractivity contribution in [2.45, 2.75) is 19.5 Å². The molecule has 0 radical (unpaired) electrons. The third-order valence-corrected chi connectivity index (χ3v) is 5.18. The van der Waals surface area contributed by atoms with Crippen LogP contribution in [0, 0.1) is 0 Å². The van der Waals surface area contributed by atoms with Gasteiger partial charge in [0.1, 0.15) is 11.5 Å². The number of ether oxygens (including phenoxy) is 1. The lowest BCUT2D eigenvalue weighted by Crippen LogP contribution is -2.30. The number of aromatic nitrogens is 1. The lowest BCUT2D eigenvalue weighted by Gasteiger charge is -2.26. The number of fused-ring (bicyclic) bond motifs is 1. The van der Waals surface area contributed by atoms with Crippen molar-refractivity contribution in [3.05, 3.63) is 52.2 Å². The van der Waals surface area contributed by atoms with Gasteiger partial charge in [0.2, 0.25) is 0 Å². The molecule has 7 nitrogen and oxygen atoms in total. The van der Waals surface area contributed by atoms with Crippen LogP contribution in [0.2, 0.25) is 5.02 Å². The second-order valence-electron chi connectivity index (χ2n) is 6.72. The van der Waals surface area contributed by atoms with Crippen LogP contribution in [0.1, 0.15) is 16.8 Å². The molecule has 0 fully saturated rings. The molecule has 1 aromatic heterocycles. The number of halogens is 1. The predicted octanol–water partition coefficient (Wildman–Crippen LogP) is 3.68. The van der Waals surface area contributed by atoms with Crippen molar-refractivity contribution in [3.63, 3.8) is 0 Å². The molecule has 2 aromatic carbocycles. The van der Waals surface area contributed by atoms with Gasteiger partial charge in [-0.3, -0.25) is 4.90 Å². The largest absolute Gasteiger partial charge is 0.507 e. The molecule has 2 heterocycles. The van der Waals surface area contributed by atoms with Gasteiger partial charge < -0.3 is 24.6 Å². The van der Waals surface area contributed by atoms with Gasteiger partial charge in [-0.25, -0.2) is 0 Å². The molecule has 0 aliphatic carbocycles. The monoisotopic (exact) mass is 402 g/mol. The fourth-order valence-electron chi connectivity index (χ4n) is 3.43. The summed E-state index contributed by atoms with van der Waals surface area (Å²) in [5.74, 6) is 0.667. The first-order valence-electron chi connectivity index (χ1n) is 8.73. The zero-order chi connectivity index (χ0) is 19.8. The number of aromatic hydroxyl groups is 3. The standard InChI is InChI=1S/C20H19ClN2O5/c1-27-19-6-11(2-3-16(19)24)9-23-5-4-15-13(10-23)20(28-22-15)12-7-14(21)18(26)8-17(12)25/h2-3,6-8,24-26H,4-5,9-10H2,1H3. The molecule has 4 rings (SSSR count). The van der Waals surface area contributed by atoms with E-state index in [9.17, 15) is 15.3 Å². The summed E-state index contributed by atoms with van der Waals surface area (Å²) in [6.45, 7) is 2.03. The molecule has 0 amide bonds. The van der Waals surface area contributed by atoms with Gasteiger partial charge in [-0.1, -0.05) is 22.8 Å². The molecular weight excluding hydrogens is 384 g/mol. The Bertz CT molecular complexity index is 1030. The third kappa shape index (κ3) is 3.34. The van der Waals surface area contributed by atoms with E-state index < -0.39 is 0 Å². The summed E-state index contributed by atoms with van der Waals surface area (Å²) in [5, 5.41) is 33.9. The van der Waals surface area contributed by atoms with Gasteiger partial charge >= 0.3 is 0 Å². The van der Waals surface area contributed by atoms with E-state index in [-0.39, 0.29) is 22.3 Å². The molecule has 0 saturated carbocycles. The fourth-order valence-corrected chi connectivity index (χ4v) is 3.59. The first kappa shape index (κ1) is 18.5. The molecule has 3 N–H and O–H groups in total. The van der Waals surface area contributed by atoms with Gasteiger partial charge in [-0.05, 0) is 23.8 Å². The van der Waals surface area contributed by atoms with Crippen LogP contribution in [-0.2, 0) is 19.5 Å². The van der Waals surface area contributed by atoms with Crippen LogP contribution < -0.4 is 4.74 Å². The normalized spacial score (nSPS) is 14.1. The Morgan fingerprint density at radius 2 is 1.96 bits per heavy atom. The van der Waals surface area contributed by atoms with Crippen molar-refractivity contribution in [3.8, 4) is 34.3 Å². The van der Waals surface area contributed by atoms with E-state index in [2.05, 4.69) is 10.1 Å². The number of rotatable bonds is 4. The molecule has 0 bridgehead atoms. The summed E-state index contributed by atoms with van der Waals surface area (Å²) in [4.78, 5) is 2.22. The second-order valence-corrected chi connectivity index (χ2v) is 7.13. The molecule has 0 spiro atoms. The van der Waals surface area contributed by atoms with Crippen LogP contribution in [0.5, 0.6) is 23.0 Å². The van der Waals surface area contributed by atoms with Crippen molar-refractivity contribution >= 4 is 11.6 Å². The summed E-state index contributed by atoms with van der Waals surface area (Å²) in [6.07, 6.45) is 0.709. The van der Waals surface area contributed by atoms with Crippen LogP contribution >= 0.6 is 11.6 Å². The van der Waals surface area contributed by atoms with Crippen molar-refractivity contribution in [2.75, 3.05) is 13.7 Å². The average molecular weight is 403 g/mol. The molecule has 1 aliphatic rings. The van der Waals surface area contributed by atoms with Crippen molar-refractivity contribution in [1.82, 2.24) is 10.1 Å². The van der Waals surface area contributed by atoms with E-state index in [1.54, 1.807) is 6.07 Å². The van der Waals surface area contributed by atoms with Gasteiger partial charge in [-0.2, -0.15) is 0 Å². The number of hydrogen-bond donors (Lipinski definition) is 3. The number of methoxy groups -OCH3 is 1. The SMILES string of the molecule is COc1cc(CN2CCc3noc(-c4cc(Cl)c(O)cc4O)c3C2)ccc1O. The quantitative estimate of drug-likeness (QED) is 0.612. The van der Waals surface area contributed by atoms with E-state index >= 15 is 0 Å². The lowest BCUT2D eigenvalue weighted by molar-refractivity contribution is 0.244. The average Bonchev–Trinajstić information content (AvgIpc) is 3.09. The molecule has 0 unspecified atom stereocenters. The minimum Gasteiger partial charge on any atom is -0.507 e. The summed E-state index contributed by atoms with van der Waals surface area (Å²) in [6, 6.07) is 7.94. The second kappa shape index (κ2) is 7.26. The Morgan fingerprint density at radius 3 is 2.75 bits per heavy atom. The fraction of sp³-hybridized carbons (Fsp3) is 0.250. The maximum Gasteiger partial charge on any atom is 0.175 e. The number of benzene rings is 2. The summed E-state index contributed by atoms with van der Waals surface area (Å²) < 4.78 is 10.7. The van der Waals surface area contributed by atoms with Gasteiger partial charge in [0.05, 0.1) is 23.4 Å². The Hall–Kier alpha value is -2.90. The van der Waals surface area contributed by atoms with Crippen LogP contribution in [0.15, 0.2) is 34.9 Å². The Kier molecular flexibility index (Phi) is 4.78. The maximum atomic E-state index is 10.2. The zero-order valence-electron chi connectivity index (χ0n) is 15.1. The minimum absolute atomic E-state index is 0.105. The highest BCUT2D eigenvalue weighted by molar-refractivity contribution is 6.32. The first-order chi connectivity index (χ1) is 13.5. The summed E-state index contributed by atoms with van der Waals surface area (Å²) in [7, 11) is 1.52. The molecule has 28 heavy (non-hydrogen) atoms. The molecule has 146 valence electrons. The minimum atomic E-state index is -0.195. The molecule has 3 aromatic rings. The number of phenols is 3. The van der Waals surface area contributed by atoms with E-state index in [0.717, 1.165) is 23.4 Å². The molecule has 0 saturated heterocycles. The lowest BCUT2D eigenvalue weighted by atomic mass is 10.0. The molecule has 0 atom stereocenters. The summed E-state index contributed by atoms with van der Waals surface area (Å²) >= 11 is 6.00. The number of hydrogen-bond acceptors (Lipinski definition) is 7. The van der Waals surface area contributed by atoms with Crippen molar-refractivity contribution in [2.24, 2.45) is 0 Å². The Morgan fingerprint density at radius 1 is 1.14 bits per heavy atom. The van der Waals surface area contributed by atoms with Crippen molar-refractivity contribution < 1.29 is 24.6 Å². The van der Waals surface area contributed by atoms with Gasteiger partial charge in [0.25, 0.3) is 0 Å². The van der Waals surface area contributed by atoms with Crippen LogP contribution in [0.4, 0.5) is 0 Å². The van der Waals surface area contributed by atoms with Gasteiger partial charge in [0, 0.05) is 37.7 Å². The molecule has 1 aliphatic heterocycles. The maximum absolute atomic E-state index is 10.2. The first-order valence-corrected chi connectivity index (χ1v) is 9.11. The van der Waals surface area contributed by atoms with Crippen LogP contribution in [-0.4, -0.2) is 39.0 Å². The van der Waals surface area contributed by atoms with E-state index in [1.807, 2.05) is 12.1 Å². The van der Waals surface area contributed by atoms with Gasteiger partial charge in [0.15, 0.2) is 17.3 Å². The highest BCUT2D eigenvalue weighted by Crippen LogP contribution is 2.40. The number of phenolic OH excluding ortho intramolecular Hbond substituents is 3. The molecular formula is C20H19ClN2O5. The Balaban J connectivity index is 1.61. The van der Waals surface area contributed by atoms with E-state index in [1.165, 1.54) is 19.2 Å². The predicted molar refractivity (Wildman–Crippen MR) is 103 cm³/mol. The highest BCUT2D eigenvalue weighted by atomic mass is 35.5. The zero-order valence-corrected chi connectivity index (χ0v) is 15.9. The summed E-state index contributed by atoms with van der Waals surface area (Å²) in [5.41, 5.74) is 3.13. The number of nitrogens with zero attached hydrogens (tertiary/aromatic N) is 2. The highest BCUT2D eigenvalue weighted by Gasteiger charge is 2.27. The van der Waals surface area contributed by atoms with E-state index in [0.29, 0.717) is 36.6 Å². The Labute approximate surface area is 166 Å². The van der Waals surface area contributed by atoms with E-state index in [4.69, 9.17) is 20.9 Å². The van der Waals surface area contributed by atoms with Crippen LogP contribution in [0.25, 0.3) is 11.3 Å². The third-order valence-electron chi connectivity index (χ3n) is 4.88. The smallest absolute Gasteiger partial charge is 0.175 e. The van der Waals surface area contributed by atoms with Gasteiger partial charge in [-0.15, -0.1) is 0 Å². The van der Waals surface area contributed by atoms with Crippen LogP contribution in [0.3, 0.4) is 0 Å². The van der Waals surface area contributed by atoms with Crippen molar-refractivity contribution in [1.29, 1.82) is 0 Å². The topological polar surface area (TPSA) is 99.2 Å².